The zero-order chi connectivity index (χ0) is 14.9. The number of rotatable bonds is 6. The van der Waals surface area contributed by atoms with Crippen molar-refractivity contribution in [2.75, 3.05) is 11.9 Å². The minimum absolute atomic E-state index is 0.0573. The Morgan fingerprint density at radius 1 is 1.48 bits per heavy atom. The summed E-state index contributed by atoms with van der Waals surface area (Å²) >= 11 is 1.37. The van der Waals surface area contributed by atoms with Crippen LogP contribution in [0.3, 0.4) is 0 Å². The maximum atomic E-state index is 12.5. The topological polar surface area (TPSA) is 102 Å². The van der Waals surface area contributed by atoms with E-state index in [1.54, 1.807) is 22.0 Å². The van der Waals surface area contributed by atoms with Gasteiger partial charge in [0.1, 0.15) is 6.26 Å². The normalized spacial score (nSPS) is 12.0. The number of thiazole rings is 1. The number of imidazole rings is 1. The molecule has 2 N–H and O–H groups in total. The van der Waals surface area contributed by atoms with Crippen LogP contribution in [0.4, 0.5) is 5.82 Å². The van der Waals surface area contributed by atoms with Gasteiger partial charge in [0, 0.05) is 24.2 Å². The molecule has 0 aliphatic heterocycles. The van der Waals surface area contributed by atoms with E-state index < -0.39 is 10.0 Å². The summed E-state index contributed by atoms with van der Waals surface area (Å²) in [6.07, 6.45) is 3.07. The third-order valence-electron chi connectivity index (χ3n) is 2.75. The number of aromatic nitrogens is 3. The maximum Gasteiger partial charge on any atom is 0.260 e. The third-order valence-corrected chi connectivity index (χ3v) is 4.93. The van der Waals surface area contributed by atoms with Crippen molar-refractivity contribution in [3.05, 3.63) is 29.6 Å². The number of hydrogen-bond donors (Lipinski definition) is 2. The predicted octanol–water partition coefficient (Wildman–Crippen LogP) is 1.29. The molecule has 0 radical (unpaired) electrons. The minimum atomic E-state index is -3.73. The third kappa shape index (κ3) is 2.64. The van der Waals surface area contributed by atoms with Crippen molar-refractivity contribution >= 4 is 32.1 Å². The first kappa shape index (κ1) is 14.0. The smallest absolute Gasteiger partial charge is 0.260 e. The molecule has 8 nitrogen and oxygen atoms in total. The summed E-state index contributed by atoms with van der Waals surface area (Å²) in [5.41, 5.74) is 0.509. The van der Waals surface area contributed by atoms with Gasteiger partial charge in [0.25, 0.3) is 10.0 Å². The molecule has 0 unspecified atom stereocenters. The highest BCUT2D eigenvalue weighted by Gasteiger charge is 2.25. The van der Waals surface area contributed by atoms with E-state index in [0.29, 0.717) is 23.0 Å². The van der Waals surface area contributed by atoms with Gasteiger partial charge in [-0.1, -0.05) is 5.16 Å². The zero-order valence-corrected chi connectivity index (χ0v) is 12.7. The summed E-state index contributed by atoms with van der Waals surface area (Å²) in [5.74, 6) is 0.344. The van der Waals surface area contributed by atoms with Crippen LogP contribution >= 0.6 is 11.3 Å². The standard InChI is InChI=1S/C11H13N5O3S2/c1-2-12-9-10(16-4-6-20-11(16)14-9)21(17,18)13-7-8-3-5-19-15-8/h3-6,12-13H,2,7H2,1H3. The van der Waals surface area contributed by atoms with Crippen molar-refractivity contribution in [1.29, 1.82) is 0 Å². The van der Waals surface area contributed by atoms with Crippen LogP contribution in [0.15, 0.2) is 33.5 Å². The van der Waals surface area contributed by atoms with Crippen LogP contribution in [0.2, 0.25) is 0 Å². The second kappa shape index (κ2) is 5.47. The summed E-state index contributed by atoms with van der Waals surface area (Å²) in [6, 6.07) is 1.60. The Bertz CT molecular complexity index is 835. The van der Waals surface area contributed by atoms with Crippen LogP contribution in [-0.2, 0) is 16.6 Å². The number of fused-ring (bicyclic) bond motifs is 1. The van der Waals surface area contributed by atoms with Gasteiger partial charge in [0.2, 0.25) is 0 Å². The van der Waals surface area contributed by atoms with Gasteiger partial charge in [0.05, 0.1) is 12.2 Å². The average Bonchev–Trinajstić information content (AvgIpc) is 3.12. The molecular weight excluding hydrogens is 314 g/mol. The van der Waals surface area contributed by atoms with Crippen molar-refractivity contribution in [3.63, 3.8) is 0 Å². The Labute approximate surface area is 124 Å². The van der Waals surface area contributed by atoms with Crippen molar-refractivity contribution < 1.29 is 12.9 Å². The molecule has 0 aromatic carbocycles. The molecule has 21 heavy (non-hydrogen) atoms. The molecule has 0 bridgehead atoms. The van der Waals surface area contributed by atoms with Crippen molar-refractivity contribution in [3.8, 4) is 0 Å². The molecule has 0 fully saturated rings. The molecule has 0 aliphatic rings. The number of nitrogens with one attached hydrogen (secondary N) is 2. The molecule has 3 aromatic heterocycles. The lowest BCUT2D eigenvalue weighted by Crippen LogP contribution is -2.25. The fourth-order valence-corrected chi connectivity index (χ4v) is 3.90. The lowest BCUT2D eigenvalue weighted by Gasteiger charge is -2.07. The van der Waals surface area contributed by atoms with E-state index >= 15 is 0 Å². The Hall–Kier alpha value is -1.91. The van der Waals surface area contributed by atoms with E-state index in [0.717, 1.165) is 0 Å². The van der Waals surface area contributed by atoms with Gasteiger partial charge in [-0.2, -0.15) is 0 Å². The van der Waals surface area contributed by atoms with E-state index in [1.807, 2.05) is 6.92 Å². The van der Waals surface area contributed by atoms with E-state index in [9.17, 15) is 8.42 Å². The average molecular weight is 327 g/mol. The first-order valence-electron chi connectivity index (χ1n) is 6.20. The highest BCUT2D eigenvalue weighted by atomic mass is 32.2. The zero-order valence-electron chi connectivity index (χ0n) is 11.1. The van der Waals surface area contributed by atoms with Crippen LogP contribution < -0.4 is 10.0 Å². The fraction of sp³-hybridized carbons (Fsp3) is 0.273. The highest BCUT2D eigenvalue weighted by molar-refractivity contribution is 7.89. The van der Waals surface area contributed by atoms with Gasteiger partial charge in [-0.05, 0) is 6.92 Å². The summed E-state index contributed by atoms with van der Waals surface area (Å²) < 4.78 is 33.8. The van der Waals surface area contributed by atoms with Crippen LogP contribution in [0.25, 0.3) is 4.96 Å². The molecule has 0 spiro atoms. The van der Waals surface area contributed by atoms with Crippen LogP contribution in [0.5, 0.6) is 0 Å². The maximum absolute atomic E-state index is 12.5. The quantitative estimate of drug-likeness (QED) is 0.707. The number of hydrogen-bond acceptors (Lipinski definition) is 7. The Kier molecular flexibility index (Phi) is 3.66. The van der Waals surface area contributed by atoms with Crippen molar-refractivity contribution in [2.24, 2.45) is 0 Å². The summed E-state index contributed by atoms with van der Waals surface area (Å²) in [6.45, 7) is 2.52. The second-order valence-corrected chi connectivity index (χ2v) is 6.72. The van der Waals surface area contributed by atoms with Crippen LogP contribution in [-0.4, -0.2) is 29.5 Å². The van der Waals surface area contributed by atoms with Gasteiger partial charge >= 0.3 is 0 Å². The highest BCUT2D eigenvalue weighted by Crippen LogP contribution is 2.25. The lowest BCUT2D eigenvalue weighted by molar-refractivity contribution is 0.411. The molecule has 3 rings (SSSR count). The number of anilines is 1. The van der Waals surface area contributed by atoms with E-state index in [-0.39, 0.29) is 11.6 Å². The molecule has 3 heterocycles. The molecular formula is C11H13N5O3S2. The molecule has 112 valence electrons. The lowest BCUT2D eigenvalue weighted by atomic mass is 10.5. The predicted molar refractivity (Wildman–Crippen MR) is 77.8 cm³/mol. The molecule has 0 atom stereocenters. The van der Waals surface area contributed by atoms with Gasteiger partial charge in [-0.3, -0.25) is 4.40 Å². The SMILES string of the molecule is CCNc1nc2sccn2c1S(=O)(=O)NCc1ccon1. The number of sulfonamides is 1. The Morgan fingerprint density at radius 3 is 3.05 bits per heavy atom. The molecule has 0 aliphatic carbocycles. The number of nitrogens with zero attached hydrogens (tertiary/aromatic N) is 3. The monoisotopic (exact) mass is 327 g/mol. The van der Waals surface area contributed by atoms with Gasteiger partial charge in [-0.25, -0.2) is 18.1 Å². The molecule has 0 saturated heterocycles. The fourth-order valence-electron chi connectivity index (χ4n) is 1.87. The van der Waals surface area contributed by atoms with Gasteiger partial charge in [-0.15, -0.1) is 11.3 Å². The molecule has 3 aromatic rings. The van der Waals surface area contributed by atoms with Crippen molar-refractivity contribution in [1.82, 2.24) is 19.3 Å². The van der Waals surface area contributed by atoms with Crippen molar-refractivity contribution in [2.45, 2.75) is 18.5 Å². The van der Waals surface area contributed by atoms with Gasteiger partial charge in [0.15, 0.2) is 15.8 Å². The minimum Gasteiger partial charge on any atom is -0.368 e. The molecule has 10 heteroatoms. The summed E-state index contributed by atoms with van der Waals surface area (Å²) in [7, 11) is -3.73. The van der Waals surface area contributed by atoms with Crippen LogP contribution in [0, 0.1) is 0 Å². The Morgan fingerprint density at radius 2 is 2.33 bits per heavy atom. The molecule has 0 amide bonds. The van der Waals surface area contributed by atoms with E-state index in [1.165, 1.54) is 17.6 Å². The van der Waals surface area contributed by atoms with Crippen LogP contribution in [0.1, 0.15) is 12.6 Å². The summed E-state index contributed by atoms with van der Waals surface area (Å²) in [4.78, 5) is 4.91. The molecule has 0 saturated carbocycles. The Balaban J connectivity index is 1.96. The van der Waals surface area contributed by atoms with Gasteiger partial charge < -0.3 is 9.84 Å². The largest absolute Gasteiger partial charge is 0.368 e. The second-order valence-electron chi connectivity index (χ2n) is 4.17. The van der Waals surface area contributed by atoms with E-state index in [4.69, 9.17) is 0 Å². The summed E-state index contributed by atoms with van der Waals surface area (Å²) in [5, 5.41) is 8.53. The van der Waals surface area contributed by atoms with E-state index in [2.05, 4.69) is 24.7 Å². The first-order chi connectivity index (χ1) is 10.1. The first-order valence-corrected chi connectivity index (χ1v) is 8.56.